The van der Waals surface area contributed by atoms with Gasteiger partial charge in [-0.3, -0.25) is 10.00 Å². The lowest BCUT2D eigenvalue weighted by Crippen LogP contribution is -2.20. The van der Waals surface area contributed by atoms with Crippen LogP contribution in [0, 0.1) is 5.82 Å². The van der Waals surface area contributed by atoms with Gasteiger partial charge in [-0.1, -0.05) is 54.1 Å². The fourth-order valence-corrected chi connectivity index (χ4v) is 3.64. The van der Waals surface area contributed by atoms with E-state index in [2.05, 4.69) is 31.7 Å². The lowest BCUT2D eigenvalue weighted by atomic mass is 10.1. The molecule has 0 atom stereocenters. The van der Waals surface area contributed by atoms with E-state index in [-0.39, 0.29) is 6.54 Å². The van der Waals surface area contributed by atoms with E-state index >= 15 is 0 Å². The van der Waals surface area contributed by atoms with Crippen LogP contribution >= 0.6 is 27.5 Å². The van der Waals surface area contributed by atoms with Crippen molar-refractivity contribution >= 4 is 55.8 Å². The molecule has 1 aromatic heterocycles. The summed E-state index contributed by atoms with van der Waals surface area (Å²) in [4.78, 5) is 12.5. The number of hydrogen-bond donors (Lipinski definition) is 2. The van der Waals surface area contributed by atoms with Crippen molar-refractivity contribution in [2.24, 2.45) is 0 Å². The second kappa shape index (κ2) is 8.23. The maximum atomic E-state index is 14.0. The molecule has 0 spiro atoms. The normalized spacial score (nSPS) is 10.9. The van der Waals surface area contributed by atoms with Crippen LogP contribution < -0.4 is 10.6 Å². The molecular weight excluding hydrogens is 459 g/mol. The van der Waals surface area contributed by atoms with E-state index in [4.69, 9.17) is 11.6 Å². The number of amides is 2. The second-order valence-corrected chi connectivity index (χ2v) is 7.59. The minimum Gasteiger partial charge on any atom is -0.307 e. The average Bonchev–Trinajstić information content (AvgIpc) is 3.04. The highest BCUT2D eigenvalue weighted by atomic mass is 79.9. The second-order valence-electron chi connectivity index (χ2n) is 6.33. The smallest absolute Gasteiger partial charge is 0.307 e. The standard InChI is InChI=1S/C21H15BrClFN4O/c22-16-12-28(11-15-17(23)8-4-9-18(15)24)27-20(16)26-21(29)25-19-10-3-6-13-5-1-2-7-14(13)19/h1-10,12H,11H2,(H2,25,26,27,29). The van der Waals surface area contributed by atoms with E-state index < -0.39 is 11.8 Å². The summed E-state index contributed by atoms with van der Waals surface area (Å²) >= 11 is 9.44. The Morgan fingerprint density at radius 2 is 1.83 bits per heavy atom. The van der Waals surface area contributed by atoms with Crippen LogP contribution in [0.3, 0.4) is 0 Å². The SMILES string of the molecule is O=C(Nc1nn(Cc2c(F)cccc2Cl)cc1Br)Nc1cccc2ccccc12. The van der Waals surface area contributed by atoms with Gasteiger partial charge in [0, 0.05) is 22.2 Å². The molecule has 4 rings (SSSR count). The molecule has 2 amide bonds. The number of halogens is 3. The number of nitrogens with zero attached hydrogens (tertiary/aromatic N) is 2. The highest BCUT2D eigenvalue weighted by Crippen LogP contribution is 2.26. The Balaban J connectivity index is 1.50. The number of rotatable bonds is 4. The van der Waals surface area contributed by atoms with Crippen molar-refractivity contribution in [2.45, 2.75) is 6.54 Å². The topological polar surface area (TPSA) is 59.0 Å². The summed E-state index contributed by atoms with van der Waals surface area (Å²) in [5.41, 5.74) is 1.02. The summed E-state index contributed by atoms with van der Waals surface area (Å²) in [6, 6.07) is 17.5. The molecule has 1 heterocycles. The molecule has 146 valence electrons. The van der Waals surface area contributed by atoms with Gasteiger partial charge in [-0.25, -0.2) is 9.18 Å². The van der Waals surface area contributed by atoms with Gasteiger partial charge in [-0.15, -0.1) is 0 Å². The quantitative estimate of drug-likeness (QED) is 0.366. The number of nitrogens with one attached hydrogen (secondary N) is 2. The first-order valence-corrected chi connectivity index (χ1v) is 9.90. The zero-order valence-corrected chi connectivity index (χ0v) is 17.3. The monoisotopic (exact) mass is 472 g/mol. The molecule has 0 aliphatic rings. The number of fused-ring (bicyclic) bond motifs is 1. The van der Waals surface area contributed by atoms with Crippen molar-refractivity contribution in [3.8, 4) is 0 Å². The van der Waals surface area contributed by atoms with E-state index in [0.29, 0.717) is 26.6 Å². The third-order valence-electron chi connectivity index (χ3n) is 4.37. The van der Waals surface area contributed by atoms with Crippen LogP contribution in [0.25, 0.3) is 10.8 Å². The van der Waals surface area contributed by atoms with Gasteiger partial charge < -0.3 is 5.32 Å². The Bertz CT molecular complexity index is 1180. The molecule has 0 saturated heterocycles. The minimum atomic E-state index is -0.434. The van der Waals surface area contributed by atoms with Crippen LogP contribution in [0.15, 0.2) is 71.3 Å². The van der Waals surface area contributed by atoms with E-state index in [1.807, 2.05) is 42.5 Å². The fourth-order valence-electron chi connectivity index (χ4n) is 3.00. The number of aromatic nitrogens is 2. The molecule has 0 aliphatic carbocycles. The molecule has 0 saturated carbocycles. The van der Waals surface area contributed by atoms with Gasteiger partial charge in [0.1, 0.15) is 5.82 Å². The maximum Gasteiger partial charge on any atom is 0.324 e. The van der Waals surface area contributed by atoms with Crippen molar-refractivity contribution < 1.29 is 9.18 Å². The minimum absolute atomic E-state index is 0.136. The van der Waals surface area contributed by atoms with Crippen molar-refractivity contribution in [1.29, 1.82) is 0 Å². The maximum absolute atomic E-state index is 14.0. The van der Waals surface area contributed by atoms with Gasteiger partial charge in [0.15, 0.2) is 5.82 Å². The third kappa shape index (κ3) is 4.26. The van der Waals surface area contributed by atoms with Gasteiger partial charge in [0.05, 0.1) is 16.7 Å². The summed E-state index contributed by atoms with van der Waals surface area (Å²) in [7, 11) is 0. The Morgan fingerprint density at radius 1 is 1.07 bits per heavy atom. The Morgan fingerprint density at radius 3 is 2.66 bits per heavy atom. The molecule has 0 aliphatic heterocycles. The first kappa shape index (κ1) is 19.4. The number of carbonyl (C=O) groups is 1. The van der Waals surface area contributed by atoms with Crippen LogP contribution in [0.5, 0.6) is 0 Å². The van der Waals surface area contributed by atoms with Gasteiger partial charge in [-0.05, 0) is 39.5 Å². The zero-order valence-electron chi connectivity index (χ0n) is 15.0. The Labute approximate surface area is 179 Å². The molecule has 8 heteroatoms. The molecule has 0 radical (unpaired) electrons. The van der Waals surface area contributed by atoms with Crippen LogP contribution in [0.1, 0.15) is 5.56 Å². The molecule has 2 N–H and O–H groups in total. The van der Waals surface area contributed by atoms with Gasteiger partial charge in [0.2, 0.25) is 0 Å². The van der Waals surface area contributed by atoms with Crippen molar-refractivity contribution in [3.63, 3.8) is 0 Å². The Kier molecular flexibility index (Phi) is 5.51. The number of hydrogen-bond acceptors (Lipinski definition) is 2. The molecule has 0 bridgehead atoms. The largest absolute Gasteiger partial charge is 0.324 e. The van der Waals surface area contributed by atoms with Crippen molar-refractivity contribution in [3.05, 3.63) is 87.7 Å². The molecule has 29 heavy (non-hydrogen) atoms. The highest BCUT2D eigenvalue weighted by Gasteiger charge is 2.14. The van der Waals surface area contributed by atoms with E-state index in [1.54, 1.807) is 18.3 Å². The average molecular weight is 474 g/mol. The first-order valence-electron chi connectivity index (χ1n) is 8.73. The van der Waals surface area contributed by atoms with Crippen LogP contribution in [0.4, 0.5) is 20.7 Å². The summed E-state index contributed by atoms with van der Waals surface area (Å²) < 4.78 is 16.1. The van der Waals surface area contributed by atoms with Crippen molar-refractivity contribution in [2.75, 3.05) is 10.6 Å². The summed E-state index contributed by atoms with van der Waals surface area (Å²) in [5.74, 6) is -0.0949. The van der Waals surface area contributed by atoms with Crippen LogP contribution in [-0.4, -0.2) is 15.8 Å². The number of carbonyl (C=O) groups excluding carboxylic acids is 1. The van der Waals surface area contributed by atoms with Gasteiger partial charge in [-0.2, -0.15) is 5.10 Å². The molecule has 3 aromatic carbocycles. The zero-order chi connectivity index (χ0) is 20.4. The number of anilines is 2. The number of urea groups is 1. The third-order valence-corrected chi connectivity index (χ3v) is 5.30. The van der Waals surface area contributed by atoms with Gasteiger partial charge >= 0.3 is 6.03 Å². The van der Waals surface area contributed by atoms with Gasteiger partial charge in [0.25, 0.3) is 0 Å². The molecule has 0 unspecified atom stereocenters. The fraction of sp³-hybridized carbons (Fsp3) is 0.0476. The molecule has 0 fully saturated rings. The lowest BCUT2D eigenvalue weighted by Gasteiger charge is -2.09. The van der Waals surface area contributed by atoms with Crippen molar-refractivity contribution in [1.82, 2.24) is 9.78 Å². The lowest BCUT2D eigenvalue weighted by molar-refractivity contribution is 0.262. The molecule has 4 aromatic rings. The molecule has 5 nitrogen and oxygen atoms in total. The van der Waals surface area contributed by atoms with Crippen LogP contribution in [-0.2, 0) is 6.54 Å². The summed E-state index contributed by atoms with van der Waals surface area (Å²) in [6.07, 6.45) is 1.65. The predicted molar refractivity (Wildman–Crippen MR) is 117 cm³/mol. The van der Waals surface area contributed by atoms with E-state index in [9.17, 15) is 9.18 Å². The Hall–Kier alpha value is -2.90. The highest BCUT2D eigenvalue weighted by molar-refractivity contribution is 9.10. The van der Waals surface area contributed by atoms with E-state index in [1.165, 1.54) is 10.7 Å². The van der Waals surface area contributed by atoms with Crippen LogP contribution in [0.2, 0.25) is 5.02 Å². The molecular formula is C21H15BrClFN4O. The summed E-state index contributed by atoms with van der Waals surface area (Å²) in [6.45, 7) is 0.136. The predicted octanol–water partition coefficient (Wildman–Crippen LogP) is 6.28. The number of benzene rings is 3. The van der Waals surface area contributed by atoms with E-state index in [0.717, 1.165) is 10.8 Å². The first-order chi connectivity index (χ1) is 14.0. The summed E-state index contributed by atoms with van der Waals surface area (Å²) in [5, 5.41) is 12.1.